The number of nitro groups is 1. The summed E-state index contributed by atoms with van der Waals surface area (Å²) in [5.74, 6) is -0.168. The molecule has 1 heterocycles. The van der Waals surface area contributed by atoms with Crippen LogP contribution in [0.1, 0.15) is 10.4 Å². The summed E-state index contributed by atoms with van der Waals surface area (Å²) in [4.78, 5) is 33.6. The minimum atomic E-state index is -0.553. The Balaban J connectivity index is 2.21. The molecule has 8 nitrogen and oxygen atoms in total. The molecule has 0 aliphatic carbocycles. The van der Waals surface area contributed by atoms with E-state index in [1.165, 1.54) is 43.5 Å². The summed E-state index contributed by atoms with van der Waals surface area (Å²) in [5, 5.41) is 14.4. The summed E-state index contributed by atoms with van der Waals surface area (Å²) < 4.78 is 5.86. The molecule has 0 N–H and O–H groups in total. The Morgan fingerprint density at radius 1 is 1.29 bits per heavy atom. The second-order valence-corrected chi connectivity index (χ2v) is 4.10. The fraction of sp³-hybridized carbons (Fsp3) is 0.154. The van der Waals surface area contributed by atoms with Crippen molar-refractivity contribution in [1.82, 2.24) is 9.78 Å². The van der Waals surface area contributed by atoms with Crippen molar-refractivity contribution in [3.05, 3.63) is 62.4 Å². The molecule has 8 heteroatoms. The molecule has 0 spiro atoms. The van der Waals surface area contributed by atoms with Crippen molar-refractivity contribution in [3.63, 3.8) is 0 Å². The maximum atomic E-state index is 12.0. The standard InChI is InChI=1S/C13H11N3O5/c1-21-12-6-7-13(18)15(14-12)8-11(17)9-2-4-10(5-3-9)16(19)20/h2-7H,8H2,1H3. The molecule has 0 aliphatic rings. The molecule has 0 fully saturated rings. The molecule has 0 unspecified atom stereocenters. The number of nitrogens with zero attached hydrogens (tertiary/aromatic N) is 3. The molecular formula is C13H11N3O5. The molecular weight excluding hydrogens is 278 g/mol. The summed E-state index contributed by atoms with van der Waals surface area (Å²) >= 11 is 0. The quantitative estimate of drug-likeness (QED) is 0.462. The molecule has 0 saturated heterocycles. The predicted molar refractivity (Wildman–Crippen MR) is 72.5 cm³/mol. The van der Waals surface area contributed by atoms with Crippen molar-refractivity contribution in [2.75, 3.05) is 7.11 Å². The van der Waals surface area contributed by atoms with Gasteiger partial charge in [0.05, 0.1) is 12.0 Å². The van der Waals surface area contributed by atoms with Gasteiger partial charge in [-0.3, -0.25) is 19.7 Å². The van der Waals surface area contributed by atoms with Gasteiger partial charge in [-0.2, -0.15) is 0 Å². The highest BCUT2D eigenvalue weighted by Gasteiger charge is 2.12. The Kier molecular flexibility index (Phi) is 4.07. The lowest BCUT2D eigenvalue weighted by Crippen LogP contribution is -2.26. The zero-order chi connectivity index (χ0) is 15.4. The van der Waals surface area contributed by atoms with Crippen molar-refractivity contribution in [2.24, 2.45) is 0 Å². The van der Waals surface area contributed by atoms with E-state index >= 15 is 0 Å². The monoisotopic (exact) mass is 289 g/mol. The third-order valence-electron chi connectivity index (χ3n) is 2.74. The van der Waals surface area contributed by atoms with Crippen LogP contribution in [0, 0.1) is 10.1 Å². The molecule has 2 rings (SSSR count). The lowest BCUT2D eigenvalue weighted by atomic mass is 10.1. The molecule has 0 aliphatic heterocycles. The lowest BCUT2D eigenvalue weighted by molar-refractivity contribution is -0.384. The lowest BCUT2D eigenvalue weighted by Gasteiger charge is -2.05. The number of aromatic nitrogens is 2. The van der Waals surface area contributed by atoms with Crippen LogP contribution in [-0.4, -0.2) is 27.6 Å². The molecule has 2 aromatic rings. The summed E-state index contributed by atoms with van der Waals surface area (Å²) in [6.45, 7) is -0.270. The van der Waals surface area contributed by atoms with Gasteiger partial charge in [-0.05, 0) is 12.1 Å². The highest BCUT2D eigenvalue weighted by molar-refractivity contribution is 5.96. The smallest absolute Gasteiger partial charge is 0.269 e. The Labute approximate surface area is 118 Å². The number of ketones is 1. The van der Waals surface area contributed by atoms with Crippen LogP contribution in [0.3, 0.4) is 0 Å². The third-order valence-corrected chi connectivity index (χ3v) is 2.74. The normalized spacial score (nSPS) is 10.1. The molecule has 21 heavy (non-hydrogen) atoms. The van der Waals surface area contributed by atoms with Crippen molar-refractivity contribution >= 4 is 11.5 Å². The van der Waals surface area contributed by atoms with Crippen molar-refractivity contribution in [1.29, 1.82) is 0 Å². The first-order valence-electron chi connectivity index (χ1n) is 5.91. The third kappa shape index (κ3) is 3.30. The molecule has 1 aromatic heterocycles. The van der Waals surface area contributed by atoms with Gasteiger partial charge in [-0.1, -0.05) is 0 Å². The van der Waals surface area contributed by atoms with Crippen LogP contribution in [-0.2, 0) is 6.54 Å². The first-order chi connectivity index (χ1) is 10.0. The molecule has 0 saturated carbocycles. The Bertz CT molecular complexity index is 736. The zero-order valence-corrected chi connectivity index (χ0v) is 11.1. The van der Waals surface area contributed by atoms with Crippen LogP contribution < -0.4 is 10.3 Å². The number of ether oxygens (including phenoxy) is 1. The Hall–Kier alpha value is -3.03. The largest absolute Gasteiger partial charge is 0.480 e. The first kappa shape index (κ1) is 14.4. The van der Waals surface area contributed by atoms with E-state index in [-0.39, 0.29) is 29.5 Å². The van der Waals surface area contributed by atoms with Gasteiger partial charge in [0.1, 0.15) is 6.54 Å². The van der Waals surface area contributed by atoms with Gasteiger partial charge in [0, 0.05) is 29.8 Å². The summed E-state index contributed by atoms with van der Waals surface area (Å²) in [7, 11) is 1.40. The fourth-order valence-corrected chi connectivity index (χ4v) is 1.65. The maximum Gasteiger partial charge on any atom is 0.269 e. The second kappa shape index (κ2) is 5.95. The minimum absolute atomic E-state index is 0.108. The number of non-ortho nitro benzene ring substituents is 1. The second-order valence-electron chi connectivity index (χ2n) is 4.10. The predicted octanol–water partition coefficient (Wildman–Crippen LogP) is 1.04. The summed E-state index contributed by atoms with van der Waals surface area (Å²) in [5.41, 5.74) is -0.286. The van der Waals surface area contributed by atoms with Crippen molar-refractivity contribution < 1.29 is 14.5 Å². The number of carbonyl (C=O) groups is 1. The van der Waals surface area contributed by atoms with E-state index in [0.717, 1.165) is 4.68 Å². The highest BCUT2D eigenvalue weighted by Crippen LogP contribution is 2.12. The average molecular weight is 289 g/mol. The molecule has 1 aromatic carbocycles. The van der Waals surface area contributed by atoms with E-state index in [1.807, 2.05) is 0 Å². The van der Waals surface area contributed by atoms with Crippen molar-refractivity contribution in [3.8, 4) is 5.88 Å². The summed E-state index contributed by atoms with van der Waals surface area (Å²) in [6.07, 6.45) is 0. The molecule has 0 amide bonds. The van der Waals surface area contributed by atoms with Gasteiger partial charge in [0.25, 0.3) is 11.2 Å². The highest BCUT2D eigenvalue weighted by atomic mass is 16.6. The van der Waals surface area contributed by atoms with Crippen LogP contribution in [0.4, 0.5) is 5.69 Å². The molecule has 0 bridgehead atoms. The zero-order valence-electron chi connectivity index (χ0n) is 11.1. The first-order valence-corrected chi connectivity index (χ1v) is 5.91. The summed E-state index contributed by atoms with van der Waals surface area (Å²) in [6, 6.07) is 7.78. The van der Waals surface area contributed by atoms with Crippen LogP contribution in [0.2, 0.25) is 0 Å². The van der Waals surface area contributed by atoms with Gasteiger partial charge in [-0.25, -0.2) is 4.68 Å². The van der Waals surface area contributed by atoms with E-state index in [9.17, 15) is 19.7 Å². The van der Waals surface area contributed by atoms with Gasteiger partial charge >= 0.3 is 0 Å². The Morgan fingerprint density at radius 3 is 2.52 bits per heavy atom. The van der Waals surface area contributed by atoms with E-state index in [2.05, 4.69) is 5.10 Å². The van der Waals surface area contributed by atoms with E-state index in [4.69, 9.17) is 4.74 Å². The number of nitro benzene ring substituents is 1. The molecule has 0 atom stereocenters. The number of benzene rings is 1. The molecule has 0 radical (unpaired) electrons. The van der Waals surface area contributed by atoms with Gasteiger partial charge in [-0.15, -0.1) is 5.10 Å². The van der Waals surface area contributed by atoms with Crippen LogP contribution in [0.5, 0.6) is 5.88 Å². The van der Waals surface area contributed by atoms with E-state index < -0.39 is 10.5 Å². The number of rotatable bonds is 5. The van der Waals surface area contributed by atoms with Crippen molar-refractivity contribution in [2.45, 2.75) is 6.54 Å². The number of Topliss-reactive ketones (excluding diaryl/α,β-unsaturated/α-hetero) is 1. The SMILES string of the molecule is COc1ccc(=O)n(CC(=O)c2ccc([N+](=O)[O-])cc2)n1. The number of methoxy groups -OCH3 is 1. The number of carbonyl (C=O) groups excluding carboxylic acids is 1. The topological polar surface area (TPSA) is 104 Å². The number of hydrogen-bond acceptors (Lipinski definition) is 6. The number of hydrogen-bond donors (Lipinski definition) is 0. The van der Waals surface area contributed by atoms with Gasteiger partial charge in [0.2, 0.25) is 5.88 Å². The minimum Gasteiger partial charge on any atom is -0.480 e. The maximum absolute atomic E-state index is 12.0. The van der Waals surface area contributed by atoms with Gasteiger partial charge in [0.15, 0.2) is 5.78 Å². The van der Waals surface area contributed by atoms with Gasteiger partial charge < -0.3 is 4.74 Å². The van der Waals surface area contributed by atoms with E-state index in [0.29, 0.717) is 0 Å². The van der Waals surface area contributed by atoms with Crippen LogP contribution in [0.25, 0.3) is 0 Å². The fourth-order valence-electron chi connectivity index (χ4n) is 1.65. The van der Waals surface area contributed by atoms with Crippen LogP contribution >= 0.6 is 0 Å². The Morgan fingerprint density at radius 2 is 1.95 bits per heavy atom. The molecule has 108 valence electrons. The average Bonchev–Trinajstić information content (AvgIpc) is 2.49. The van der Waals surface area contributed by atoms with Crippen LogP contribution in [0.15, 0.2) is 41.2 Å². The van der Waals surface area contributed by atoms with E-state index in [1.54, 1.807) is 0 Å².